The average molecular weight is 724 g/mol. The maximum atomic E-state index is 12.7. The highest BCUT2D eigenvalue weighted by Crippen LogP contribution is 2.25. The number of benzene rings is 4. The zero-order valence-corrected chi connectivity index (χ0v) is 29.5. The van der Waals surface area contributed by atoms with Crippen LogP contribution >= 0.6 is 23.2 Å². The fourth-order valence-electron chi connectivity index (χ4n) is 4.73. The van der Waals surface area contributed by atoms with Crippen molar-refractivity contribution < 1.29 is 4.79 Å². The second-order valence-corrected chi connectivity index (χ2v) is 12.8. The van der Waals surface area contributed by atoms with Gasteiger partial charge in [-0.05, 0) is 108 Å². The molecule has 14 nitrogen and oxygen atoms in total. The smallest absolute Gasteiger partial charge is 0.323 e. The van der Waals surface area contributed by atoms with Crippen molar-refractivity contribution in [2.75, 3.05) is 53.0 Å². The molecule has 0 saturated carbocycles. The largest absolute Gasteiger partial charge is 0.324 e. The van der Waals surface area contributed by atoms with E-state index in [9.17, 15) is 4.79 Å². The van der Waals surface area contributed by atoms with Gasteiger partial charge in [-0.3, -0.25) is 4.48 Å². The Morgan fingerprint density at radius 2 is 0.902 bits per heavy atom. The van der Waals surface area contributed by atoms with Crippen molar-refractivity contribution >= 4 is 92.8 Å². The molecule has 0 unspecified atom stereocenters. The van der Waals surface area contributed by atoms with Crippen LogP contribution in [0.25, 0.3) is 0 Å². The molecule has 6 N–H and O–H groups in total. The number of nitrogens with one attached hydrogen (secondary N) is 6. The molecular weight excluding hydrogens is 689 g/mol. The van der Waals surface area contributed by atoms with Gasteiger partial charge in [-0.15, -0.1) is 0 Å². The molecule has 0 spiro atoms. The van der Waals surface area contributed by atoms with E-state index in [-0.39, 0.29) is 22.5 Å². The first-order valence-electron chi connectivity index (χ1n) is 15.6. The number of hydrogen-bond donors (Lipinski definition) is 6. The van der Waals surface area contributed by atoms with E-state index in [0.717, 1.165) is 22.6 Å². The summed E-state index contributed by atoms with van der Waals surface area (Å²) in [4.78, 5) is 38.3. The molecule has 2 amide bonds. The summed E-state index contributed by atoms with van der Waals surface area (Å²) >= 11 is 12.3. The lowest BCUT2D eigenvalue weighted by molar-refractivity contribution is 0.262. The van der Waals surface area contributed by atoms with Crippen molar-refractivity contribution in [3.8, 4) is 0 Å². The van der Waals surface area contributed by atoms with Gasteiger partial charge in [-0.2, -0.15) is 29.9 Å². The molecule has 6 rings (SSSR count). The number of aryl methyl sites for hydroxylation is 1. The van der Waals surface area contributed by atoms with Gasteiger partial charge in [0, 0.05) is 40.2 Å². The zero-order chi connectivity index (χ0) is 36.0. The molecule has 0 aliphatic heterocycles. The van der Waals surface area contributed by atoms with E-state index in [1.165, 1.54) is 0 Å². The van der Waals surface area contributed by atoms with Crippen LogP contribution < -0.4 is 36.4 Å². The molecule has 2 heterocycles. The van der Waals surface area contributed by atoms with Crippen molar-refractivity contribution in [3.05, 3.63) is 113 Å². The highest BCUT2D eigenvalue weighted by molar-refractivity contribution is 6.28. The number of amides is 2. The second-order valence-electron chi connectivity index (χ2n) is 12.2. The van der Waals surface area contributed by atoms with Gasteiger partial charge in [0.05, 0.1) is 21.1 Å². The standard InChI is InChI=1S/C35H33Cl2N13O/c1-21-7-5-8-26(19-21)40-33-46-29(36)44-31(48-33)38-22-11-15-24(16-12-22)42-35(51)43-25-17-13-23(14-18-25)39-32-45-30(37)47-34(49-32)41-27-9-6-10-28(20-27)50(2,3)4/h5-20H,1-4H3,(H5-,38,39,40,41,42,43,44,45,46,47,48,49,51)/p+1. The monoisotopic (exact) mass is 722 g/mol. The Kier molecular flexibility index (Phi) is 10.4. The van der Waals surface area contributed by atoms with Crippen molar-refractivity contribution in [1.82, 2.24) is 34.4 Å². The lowest BCUT2D eigenvalue weighted by Gasteiger charge is -2.23. The van der Waals surface area contributed by atoms with Crippen molar-refractivity contribution in [1.29, 1.82) is 0 Å². The zero-order valence-electron chi connectivity index (χ0n) is 28.0. The summed E-state index contributed by atoms with van der Waals surface area (Å²) in [6.45, 7) is 2.00. The van der Waals surface area contributed by atoms with Crippen LogP contribution in [0.2, 0.25) is 10.6 Å². The minimum Gasteiger partial charge on any atom is -0.324 e. The van der Waals surface area contributed by atoms with Gasteiger partial charge in [0.25, 0.3) is 0 Å². The van der Waals surface area contributed by atoms with E-state index in [4.69, 9.17) is 23.2 Å². The van der Waals surface area contributed by atoms with E-state index >= 15 is 0 Å². The van der Waals surface area contributed by atoms with Gasteiger partial charge < -0.3 is 31.9 Å². The molecular formula is C35H34Cl2N13O+. The number of urea groups is 1. The number of rotatable bonds is 11. The Hall–Kier alpha value is -6.09. The first kappa shape index (κ1) is 34.8. The molecule has 0 bridgehead atoms. The SMILES string of the molecule is Cc1cccc(Nc2nc(Cl)nc(Nc3ccc(NC(=O)Nc4ccc(Nc5nc(Cl)nc(Nc6cccc([N+](C)(C)C)c6)n5)cc4)cc3)n2)c1. The first-order valence-corrected chi connectivity index (χ1v) is 16.4. The van der Waals surface area contributed by atoms with Crippen LogP contribution in [0, 0.1) is 6.92 Å². The minimum atomic E-state index is -0.415. The summed E-state index contributed by atoms with van der Waals surface area (Å²) in [7, 11) is 6.26. The number of nitrogens with zero attached hydrogens (tertiary/aromatic N) is 7. The van der Waals surface area contributed by atoms with Gasteiger partial charge in [-0.25, -0.2) is 4.79 Å². The predicted octanol–water partition coefficient (Wildman–Crippen LogP) is 8.49. The third-order valence-corrected chi connectivity index (χ3v) is 7.50. The second kappa shape index (κ2) is 15.2. The molecule has 0 radical (unpaired) electrons. The van der Waals surface area contributed by atoms with Gasteiger partial charge in [0.15, 0.2) is 0 Å². The summed E-state index contributed by atoms with van der Waals surface area (Å²) in [5.41, 5.74) is 6.37. The molecule has 4 aromatic carbocycles. The molecule has 6 aromatic rings. The van der Waals surface area contributed by atoms with Crippen LogP contribution in [0.15, 0.2) is 97.1 Å². The lowest BCUT2D eigenvalue weighted by Crippen LogP contribution is -2.34. The van der Waals surface area contributed by atoms with Gasteiger partial charge in [-0.1, -0.05) is 18.2 Å². The van der Waals surface area contributed by atoms with Crippen LogP contribution in [-0.2, 0) is 0 Å². The van der Waals surface area contributed by atoms with E-state index in [2.05, 4.69) is 89.0 Å². The summed E-state index contributed by atoms with van der Waals surface area (Å²) in [5.74, 6) is 1.12. The van der Waals surface area contributed by atoms with Gasteiger partial charge >= 0.3 is 6.03 Å². The number of aromatic nitrogens is 6. The normalized spacial score (nSPS) is 11.0. The molecule has 258 valence electrons. The highest BCUT2D eigenvalue weighted by Gasteiger charge is 2.14. The van der Waals surface area contributed by atoms with Crippen molar-refractivity contribution in [2.24, 2.45) is 0 Å². The van der Waals surface area contributed by atoms with Gasteiger partial charge in [0.2, 0.25) is 34.4 Å². The Bertz CT molecular complexity index is 2160. The van der Waals surface area contributed by atoms with Crippen LogP contribution in [0.5, 0.6) is 0 Å². The first-order chi connectivity index (χ1) is 24.4. The summed E-state index contributed by atoms with van der Waals surface area (Å²) in [6, 6.07) is 29.4. The van der Waals surface area contributed by atoms with E-state index in [1.807, 2.05) is 49.4 Å². The number of carbonyl (C=O) groups is 1. The van der Waals surface area contributed by atoms with Crippen LogP contribution in [0.1, 0.15) is 5.56 Å². The fourth-order valence-corrected chi connectivity index (χ4v) is 5.05. The quantitative estimate of drug-likeness (QED) is 0.0710. The number of halogens is 2. The molecule has 51 heavy (non-hydrogen) atoms. The summed E-state index contributed by atoms with van der Waals surface area (Å²) < 4.78 is 0.660. The number of hydrogen-bond acceptors (Lipinski definition) is 11. The van der Waals surface area contributed by atoms with Crippen LogP contribution in [-0.4, -0.2) is 57.1 Å². The van der Waals surface area contributed by atoms with E-state index < -0.39 is 6.03 Å². The Balaban J connectivity index is 1.02. The van der Waals surface area contributed by atoms with Gasteiger partial charge in [0.1, 0.15) is 5.69 Å². The molecule has 16 heteroatoms. The number of anilines is 10. The Morgan fingerprint density at radius 1 is 0.510 bits per heavy atom. The summed E-state index contributed by atoms with van der Waals surface area (Å²) in [5, 5.41) is 18.3. The van der Waals surface area contributed by atoms with E-state index in [1.54, 1.807) is 48.5 Å². The topological polar surface area (TPSA) is 167 Å². The Morgan fingerprint density at radius 3 is 1.33 bits per heavy atom. The fraction of sp³-hybridized carbons (Fsp3) is 0.114. The molecule has 0 atom stereocenters. The van der Waals surface area contributed by atoms with Crippen LogP contribution in [0.3, 0.4) is 0 Å². The summed E-state index contributed by atoms with van der Waals surface area (Å²) in [6.07, 6.45) is 0. The number of carbonyl (C=O) groups excluding carboxylic acids is 1. The minimum absolute atomic E-state index is 0.0342. The molecule has 0 fully saturated rings. The Labute approximate surface area is 304 Å². The third-order valence-electron chi connectivity index (χ3n) is 7.17. The van der Waals surface area contributed by atoms with Crippen molar-refractivity contribution in [3.63, 3.8) is 0 Å². The molecule has 2 aromatic heterocycles. The average Bonchev–Trinajstić information content (AvgIpc) is 3.06. The van der Waals surface area contributed by atoms with Crippen molar-refractivity contribution in [2.45, 2.75) is 6.92 Å². The van der Waals surface area contributed by atoms with E-state index in [0.29, 0.717) is 39.1 Å². The predicted molar refractivity (Wildman–Crippen MR) is 206 cm³/mol. The molecule has 0 saturated heterocycles. The van der Waals surface area contributed by atoms with Crippen LogP contribution in [0.4, 0.5) is 68.4 Å². The number of quaternary nitrogens is 1. The maximum absolute atomic E-state index is 12.7. The third kappa shape index (κ3) is 9.98. The molecule has 0 aliphatic rings. The molecule has 0 aliphatic carbocycles. The maximum Gasteiger partial charge on any atom is 0.323 e. The highest BCUT2D eigenvalue weighted by atomic mass is 35.5. The lowest BCUT2D eigenvalue weighted by atomic mass is 10.2.